The number of esters is 1. The Morgan fingerprint density at radius 2 is 2.26 bits per heavy atom. The van der Waals surface area contributed by atoms with Crippen LogP contribution in [-0.4, -0.2) is 30.6 Å². The van der Waals surface area contributed by atoms with Gasteiger partial charge in [-0.1, -0.05) is 12.1 Å². The highest BCUT2D eigenvalue weighted by atomic mass is 16.5. The number of nitrogen functional groups attached to an aromatic ring is 1. The number of carbonyl (C=O) groups excluding carboxylic acids is 1. The van der Waals surface area contributed by atoms with E-state index in [1.807, 2.05) is 18.2 Å². The van der Waals surface area contributed by atoms with E-state index in [2.05, 4.69) is 15.7 Å². The van der Waals surface area contributed by atoms with Gasteiger partial charge in [0.05, 0.1) is 7.11 Å². The summed E-state index contributed by atoms with van der Waals surface area (Å²) in [5.74, 6) is -0.125. The van der Waals surface area contributed by atoms with Gasteiger partial charge in [0.1, 0.15) is 0 Å². The number of methoxy groups -OCH3 is 1. The van der Waals surface area contributed by atoms with Gasteiger partial charge in [0.25, 0.3) is 0 Å². The summed E-state index contributed by atoms with van der Waals surface area (Å²) in [6, 6.07) is 8.70. The van der Waals surface area contributed by atoms with Crippen LogP contribution in [0.4, 0.5) is 5.69 Å². The van der Waals surface area contributed by atoms with E-state index >= 15 is 0 Å². The third-order valence-corrected chi connectivity index (χ3v) is 3.45. The van der Waals surface area contributed by atoms with E-state index in [0.29, 0.717) is 12.5 Å². The zero-order chi connectivity index (χ0) is 13.7. The van der Waals surface area contributed by atoms with Crippen molar-refractivity contribution in [1.82, 2.24) is 4.90 Å². The molecule has 19 heavy (non-hydrogen) atoms. The predicted octanol–water partition coefficient (Wildman–Crippen LogP) is 2.19. The van der Waals surface area contributed by atoms with Crippen LogP contribution < -0.4 is 5.73 Å². The Morgan fingerprint density at radius 3 is 2.89 bits per heavy atom. The summed E-state index contributed by atoms with van der Waals surface area (Å²) in [6.45, 7) is 1.85. The number of carbonyl (C=O) groups is 1. The summed E-state index contributed by atoms with van der Waals surface area (Å²) < 4.78 is 4.67. The molecule has 0 bridgehead atoms. The van der Waals surface area contributed by atoms with Crippen LogP contribution in [0.1, 0.15) is 31.2 Å². The van der Waals surface area contributed by atoms with E-state index in [-0.39, 0.29) is 5.97 Å². The fourth-order valence-corrected chi connectivity index (χ4v) is 2.28. The van der Waals surface area contributed by atoms with Gasteiger partial charge in [-0.3, -0.25) is 9.69 Å². The lowest BCUT2D eigenvalue weighted by Gasteiger charge is -2.22. The molecular weight excluding hydrogens is 240 g/mol. The van der Waals surface area contributed by atoms with Gasteiger partial charge in [-0.25, -0.2) is 0 Å². The molecule has 104 valence electrons. The quantitative estimate of drug-likeness (QED) is 0.604. The lowest BCUT2D eigenvalue weighted by atomic mass is 10.2. The van der Waals surface area contributed by atoms with Crippen molar-refractivity contribution in [3.8, 4) is 0 Å². The minimum atomic E-state index is -0.125. The second-order valence-corrected chi connectivity index (χ2v) is 5.13. The average molecular weight is 262 g/mol. The van der Waals surface area contributed by atoms with Crippen molar-refractivity contribution < 1.29 is 9.53 Å². The third kappa shape index (κ3) is 4.56. The Kier molecular flexibility index (Phi) is 4.80. The summed E-state index contributed by atoms with van der Waals surface area (Å²) >= 11 is 0. The van der Waals surface area contributed by atoms with Crippen LogP contribution in [0, 0.1) is 0 Å². The molecule has 4 heteroatoms. The molecule has 1 aromatic rings. The Morgan fingerprint density at radius 1 is 1.47 bits per heavy atom. The van der Waals surface area contributed by atoms with E-state index in [0.717, 1.165) is 25.2 Å². The van der Waals surface area contributed by atoms with Gasteiger partial charge < -0.3 is 10.5 Å². The first kappa shape index (κ1) is 13.9. The zero-order valence-corrected chi connectivity index (χ0v) is 11.5. The molecule has 4 nitrogen and oxygen atoms in total. The molecule has 0 heterocycles. The van der Waals surface area contributed by atoms with Crippen molar-refractivity contribution >= 4 is 11.7 Å². The molecule has 0 saturated heterocycles. The molecule has 0 unspecified atom stereocenters. The Bertz CT molecular complexity index is 430. The van der Waals surface area contributed by atoms with Crippen LogP contribution in [0.2, 0.25) is 0 Å². The molecule has 0 radical (unpaired) electrons. The highest BCUT2D eigenvalue weighted by Crippen LogP contribution is 2.28. The molecule has 2 rings (SSSR count). The van der Waals surface area contributed by atoms with E-state index in [9.17, 15) is 4.79 Å². The van der Waals surface area contributed by atoms with Gasteiger partial charge in [0, 0.05) is 24.7 Å². The van der Waals surface area contributed by atoms with Crippen molar-refractivity contribution in [2.24, 2.45) is 0 Å². The SMILES string of the molecule is COC(=O)CCCN(Cc1cccc(N)c1)C1CC1. The number of hydrogen-bond acceptors (Lipinski definition) is 4. The number of benzene rings is 1. The monoisotopic (exact) mass is 262 g/mol. The Balaban J connectivity index is 1.84. The second-order valence-electron chi connectivity index (χ2n) is 5.13. The molecule has 0 aliphatic heterocycles. The topological polar surface area (TPSA) is 55.6 Å². The maximum Gasteiger partial charge on any atom is 0.305 e. The van der Waals surface area contributed by atoms with Gasteiger partial charge in [-0.15, -0.1) is 0 Å². The lowest BCUT2D eigenvalue weighted by Crippen LogP contribution is -2.27. The fourth-order valence-electron chi connectivity index (χ4n) is 2.28. The van der Waals surface area contributed by atoms with Crippen molar-refractivity contribution in [2.45, 2.75) is 38.3 Å². The number of anilines is 1. The molecule has 1 aromatic carbocycles. The highest BCUT2D eigenvalue weighted by Gasteiger charge is 2.28. The van der Waals surface area contributed by atoms with Crippen LogP contribution in [0.15, 0.2) is 24.3 Å². The summed E-state index contributed by atoms with van der Waals surface area (Å²) in [5.41, 5.74) is 7.85. The molecule has 1 saturated carbocycles. The number of ether oxygens (including phenoxy) is 1. The smallest absolute Gasteiger partial charge is 0.305 e. The fraction of sp³-hybridized carbons (Fsp3) is 0.533. The third-order valence-electron chi connectivity index (χ3n) is 3.45. The Labute approximate surface area is 114 Å². The molecule has 2 N–H and O–H groups in total. The summed E-state index contributed by atoms with van der Waals surface area (Å²) in [6.07, 6.45) is 3.88. The van der Waals surface area contributed by atoms with Crippen molar-refractivity contribution in [3.05, 3.63) is 29.8 Å². The van der Waals surface area contributed by atoms with E-state index in [1.54, 1.807) is 0 Å². The summed E-state index contributed by atoms with van der Waals surface area (Å²) in [7, 11) is 1.44. The molecule has 0 spiro atoms. The van der Waals surface area contributed by atoms with Crippen LogP contribution in [0.5, 0.6) is 0 Å². The van der Waals surface area contributed by atoms with Gasteiger partial charge in [0.2, 0.25) is 0 Å². The van der Waals surface area contributed by atoms with Gasteiger partial charge in [-0.05, 0) is 43.5 Å². The first-order valence-corrected chi connectivity index (χ1v) is 6.84. The molecule has 0 amide bonds. The number of nitrogens with two attached hydrogens (primary N) is 1. The number of rotatable bonds is 7. The van der Waals surface area contributed by atoms with Crippen LogP contribution in [0.3, 0.4) is 0 Å². The average Bonchev–Trinajstić information content (AvgIpc) is 3.21. The first-order chi connectivity index (χ1) is 9.19. The molecular formula is C15H22N2O2. The normalized spacial score (nSPS) is 14.6. The lowest BCUT2D eigenvalue weighted by molar-refractivity contribution is -0.140. The van der Waals surface area contributed by atoms with Gasteiger partial charge >= 0.3 is 5.97 Å². The molecule has 1 aliphatic rings. The maximum absolute atomic E-state index is 11.1. The maximum atomic E-state index is 11.1. The van der Waals surface area contributed by atoms with Crippen molar-refractivity contribution in [2.75, 3.05) is 19.4 Å². The minimum absolute atomic E-state index is 0.125. The highest BCUT2D eigenvalue weighted by molar-refractivity contribution is 5.69. The zero-order valence-electron chi connectivity index (χ0n) is 11.5. The van der Waals surface area contributed by atoms with Crippen LogP contribution in [0.25, 0.3) is 0 Å². The molecule has 1 fully saturated rings. The van der Waals surface area contributed by atoms with Crippen LogP contribution in [-0.2, 0) is 16.1 Å². The van der Waals surface area contributed by atoms with E-state index in [1.165, 1.54) is 25.5 Å². The van der Waals surface area contributed by atoms with Crippen molar-refractivity contribution in [1.29, 1.82) is 0 Å². The molecule has 0 atom stereocenters. The van der Waals surface area contributed by atoms with Gasteiger partial charge in [0.15, 0.2) is 0 Å². The van der Waals surface area contributed by atoms with Crippen LogP contribution >= 0.6 is 0 Å². The van der Waals surface area contributed by atoms with E-state index in [4.69, 9.17) is 5.73 Å². The predicted molar refractivity (Wildman–Crippen MR) is 75.5 cm³/mol. The molecule has 1 aliphatic carbocycles. The second kappa shape index (κ2) is 6.57. The number of nitrogens with zero attached hydrogens (tertiary/aromatic N) is 1. The first-order valence-electron chi connectivity index (χ1n) is 6.84. The van der Waals surface area contributed by atoms with Crippen molar-refractivity contribution in [3.63, 3.8) is 0 Å². The minimum Gasteiger partial charge on any atom is -0.469 e. The summed E-state index contributed by atoms with van der Waals surface area (Å²) in [4.78, 5) is 13.6. The molecule has 0 aromatic heterocycles. The largest absolute Gasteiger partial charge is 0.469 e. The summed E-state index contributed by atoms with van der Waals surface area (Å²) in [5, 5.41) is 0. The standard InChI is InChI=1S/C15H22N2O2/c1-19-15(18)6-3-9-17(14-7-8-14)11-12-4-2-5-13(16)10-12/h2,4-5,10,14H,3,6-9,11,16H2,1H3. The van der Waals surface area contributed by atoms with E-state index < -0.39 is 0 Å². The number of hydrogen-bond donors (Lipinski definition) is 1. The Hall–Kier alpha value is -1.55. The van der Waals surface area contributed by atoms with Gasteiger partial charge in [-0.2, -0.15) is 0 Å².